The van der Waals surface area contributed by atoms with Crippen LogP contribution in [0.1, 0.15) is 5.69 Å². The molecular formula is C21H22N8O2S. The molecule has 11 heteroatoms. The molecule has 3 N–H and O–H groups in total. The molecule has 0 radical (unpaired) electrons. The molecule has 5 rings (SSSR count). The van der Waals surface area contributed by atoms with Crippen LogP contribution in [0.25, 0.3) is 5.65 Å². The van der Waals surface area contributed by atoms with Gasteiger partial charge in [-0.2, -0.15) is 5.10 Å². The van der Waals surface area contributed by atoms with E-state index >= 15 is 0 Å². The molecule has 1 aliphatic rings. The summed E-state index contributed by atoms with van der Waals surface area (Å²) in [5.74, 6) is 1.32. The van der Waals surface area contributed by atoms with Crippen LogP contribution in [0.15, 0.2) is 58.7 Å². The van der Waals surface area contributed by atoms with Crippen LogP contribution in [0.2, 0.25) is 0 Å². The zero-order valence-electron chi connectivity index (χ0n) is 17.4. The number of nitrogens with one attached hydrogen (secondary N) is 3. The van der Waals surface area contributed by atoms with Gasteiger partial charge in [0, 0.05) is 53.9 Å². The maximum Gasteiger partial charge on any atom is 0.321 e. The molecule has 32 heavy (non-hydrogen) atoms. The highest BCUT2D eigenvalue weighted by Gasteiger charge is 2.16. The van der Waals surface area contributed by atoms with Crippen LogP contribution in [-0.4, -0.2) is 61.8 Å². The van der Waals surface area contributed by atoms with Crippen LogP contribution in [0.4, 0.5) is 22.2 Å². The lowest BCUT2D eigenvalue weighted by molar-refractivity contribution is 0.0564. The normalized spacial score (nSPS) is 14.0. The number of carbonyl (C=O) groups is 1. The highest BCUT2D eigenvalue weighted by atomic mass is 32.2. The van der Waals surface area contributed by atoms with Crippen molar-refractivity contribution in [3.63, 3.8) is 0 Å². The van der Waals surface area contributed by atoms with Gasteiger partial charge in [-0.05, 0) is 31.2 Å². The number of H-pyrrole nitrogens is 1. The van der Waals surface area contributed by atoms with Gasteiger partial charge in [-0.25, -0.2) is 14.8 Å². The van der Waals surface area contributed by atoms with Gasteiger partial charge < -0.3 is 20.3 Å². The Bertz CT molecular complexity index is 1230. The number of carbonyl (C=O) groups excluding carboxylic acids is 1. The second-order valence-electron chi connectivity index (χ2n) is 7.29. The lowest BCUT2D eigenvalue weighted by Gasteiger charge is -2.26. The number of hydrogen-bond donors (Lipinski definition) is 3. The molecular weight excluding hydrogens is 428 g/mol. The fourth-order valence-electron chi connectivity index (χ4n) is 3.33. The predicted octanol–water partition coefficient (Wildman–Crippen LogP) is 3.52. The number of aromatic nitrogens is 5. The SMILES string of the molecule is Cc1cc(Nc2nc(Sc3ccc(NC(=O)N4CCOCC4)cc3)cc3nccn23)n[nH]1. The van der Waals surface area contributed by atoms with E-state index in [0.717, 1.165) is 26.9 Å². The van der Waals surface area contributed by atoms with E-state index in [1.807, 2.05) is 53.9 Å². The summed E-state index contributed by atoms with van der Waals surface area (Å²) >= 11 is 1.52. The second-order valence-corrected chi connectivity index (χ2v) is 8.38. The number of anilines is 3. The fourth-order valence-corrected chi connectivity index (χ4v) is 4.15. The van der Waals surface area contributed by atoms with Gasteiger partial charge in [0.15, 0.2) is 5.82 Å². The van der Waals surface area contributed by atoms with Crippen molar-refractivity contribution in [3.8, 4) is 0 Å². The summed E-state index contributed by atoms with van der Waals surface area (Å²) < 4.78 is 7.16. The fraction of sp³-hybridized carbons (Fsp3) is 0.238. The molecule has 0 aliphatic carbocycles. The summed E-state index contributed by atoms with van der Waals surface area (Å²) in [5.41, 5.74) is 2.49. The van der Waals surface area contributed by atoms with Gasteiger partial charge in [0.1, 0.15) is 10.7 Å². The van der Waals surface area contributed by atoms with Crippen molar-refractivity contribution in [3.05, 3.63) is 54.5 Å². The summed E-state index contributed by atoms with van der Waals surface area (Å²) in [4.78, 5) is 24.2. The Hall–Kier alpha value is -3.57. The number of benzene rings is 1. The van der Waals surface area contributed by atoms with Gasteiger partial charge in [0.25, 0.3) is 0 Å². The molecule has 1 aliphatic heterocycles. The van der Waals surface area contributed by atoms with Crippen molar-refractivity contribution < 1.29 is 9.53 Å². The summed E-state index contributed by atoms with van der Waals surface area (Å²) in [7, 11) is 0. The average Bonchev–Trinajstić information content (AvgIpc) is 3.44. The number of aryl methyl sites for hydroxylation is 1. The van der Waals surface area contributed by atoms with E-state index in [2.05, 4.69) is 25.8 Å². The van der Waals surface area contributed by atoms with Gasteiger partial charge in [0.2, 0.25) is 5.95 Å². The number of ether oxygens (including phenoxy) is 1. The number of amides is 2. The van der Waals surface area contributed by atoms with Crippen LogP contribution in [0.3, 0.4) is 0 Å². The Labute approximate surface area is 188 Å². The first-order chi connectivity index (χ1) is 15.6. The summed E-state index contributed by atoms with van der Waals surface area (Å²) in [6, 6.07) is 11.4. The number of urea groups is 1. The second kappa shape index (κ2) is 8.89. The number of rotatable bonds is 5. The largest absolute Gasteiger partial charge is 0.378 e. The van der Waals surface area contributed by atoms with Crippen molar-refractivity contribution in [1.82, 2.24) is 29.5 Å². The molecule has 0 bridgehead atoms. The van der Waals surface area contributed by atoms with Gasteiger partial charge in [-0.1, -0.05) is 11.8 Å². The van der Waals surface area contributed by atoms with E-state index in [1.165, 1.54) is 11.8 Å². The first-order valence-electron chi connectivity index (χ1n) is 10.2. The van der Waals surface area contributed by atoms with Crippen molar-refractivity contribution in [2.75, 3.05) is 36.9 Å². The Kier molecular flexibility index (Phi) is 5.65. The van der Waals surface area contributed by atoms with E-state index in [9.17, 15) is 4.79 Å². The molecule has 164 valence electrons. The molecule has 1 fully saturated rings. The Balaban J connectivity index is 1.30. The quantitative estimate of drug-likeness (QED) is 0.399. The minimum atomic E-state index is -0.107. The summed E-state index contributed by atoms with van der Waals surface area (Å²) in [6.07, 6.45) is 3.59. The van der Waals surface area contributed by atoms with Crippen LogP contribution in [-0.2, 0) is 4.74 Å². The van der Waals surface area contributed by atoms with E-state index in [0.29, 0.717) is 38.1 Å². The van der Waals surface area contributed by atoms with E-state index < -0.39 is 0 Å². The maximum atomic E-state index is 12.4. The molecule has 0 saturated carbocycles. The topological polar surface area (TPSA) is 112 Å². The number of fused-ring (bicyclic) bond motifs is 1. The number of aromatic amines is 1. The third-order valence-electron chi connectivity index (χ3n) is 4.94. The number of hydrogen-bond acceptors (Lipinski definition) is 7. The first-order valence-corrected chi connectivity index (χ1v) is 11.0. The smallest absolute Gasteiger partial charge is 0.321 e. The van der Waals surface area contributed by atoms with Gasteiger partial charge in [0.05, 0.1) is 13.2 Å². The molecule has 4 aromatic rings. The lowest BCUT2D eigenvalue weighted by atomic mass is 10.3. The lowest BCUT2D eigenvalue weighted by Crippen LogP contribution is -2.43. The molecule has 4 heterocycles. The predicted molar refractivity (Wildman–Crippen MR) is 122 cm³/mol. The number of morpholine rings is 1. The summed E-state index contributed by atoms with van der Waals surface area (Å²) in [6.45, 7) is 4.31. The van der Waals surface area contributed by atoms with Crippen LogP contribution < -0.4 is 10.6 Å². The molecule has 3 aromatic heterocycles. The molecule has 0 atom stereocenters. The maximum absolute atomic E-state index is 12.4. The minimum Gasteiger partial charge on any atom is -0.378 e. The molecule has 10 nitrogen and oxygen atoms in total. The van der Waals surface area contributed by atoms with Crippen molar-refractivity contribution >= 4 is 40.9 Å². The van der Waals surface area contributed by atoms with E-state index in [-0.39, 0.29) is 6.03 Å². The van der Waals surface area contributed by atoms with Gasteiger partial charge in [-0.15, -0.1) is 0 Å². The molecule has 1 saturated heterocycles. The third-order valence-corrected chi connectivity index (χ3v) is 5.86. The van der Waals surface area contributed by atoms with Crippen LogP contribution >= 0.6 is 11.8 Å². The Morgan fingerprint density at radius 1 is 1.19 bits per heavy atom. The van der Waals surface area contributed by atoms with Crippen LogP contribution in [0.5, 0.6) is 0 Å². The van der Waals surface area contributed by atoms with Crippen molar-refractivity contribution in [2.45, 2.75) is 16.8 Å². The third kappa shape index (κ3) is 4.53. The average molecular weight is 451 g/mol. The van der Waals surface area contributed by atoms with Crippen molar-refractivity contribution in [2.24, 2.45) is 0 Å². The first kappa shape index (κ1) is 20.3. The van der Waals surface area contributed by atoms with Gasteiger partial charge >= 0.3 is 6.03 Å². The van der Waals surface area contributed by atoms with E-state index in [4.69, 9.17) is 9.72 Å². The monoisotopic (exact) mass is 450 g/mol. The highest BCUT2D eigenvalue weighted by molar-refractivity contribution is 7.99. The summed E-state index contributed by atoms with van der Waals surface area (Å²) in [5, 5.41) is 14.1. The number of nitrogens with zero attached hydrogens (tertiary/aromatic N) is 5. The standard InChI is InChI=1S/C21H22N8O2S/c1-14-12-17(27-26-14)24-20-25-19(13-18-22-6-7-29(18)20)32-16-4-2-15(3-5-16)23-21(30)28-8-10-31-11-9-28/h2-7,12-13H,8-11H2,1H3,(H,23,30)(H2,24,25,26,27). The zero-order chi connectivity index (χ0) is 21.9. The Morgan fingerprint density at radius 3 is 2.75 bits per heavy atom. The van der Waals surface area contributed by atoms with Gasteiger partial charge in [-0.3, -0.25) is 9.50 Å². The molecule has 0 spiro atoms. The molecule has 0 unspecified atom stereocenters. The molecule has 2 amide bonds. The van der Waals surface area contributed by atoms with Crippen molar-refractivity contribution in [1.29, 1.82) is 0 Å². The number of imidazole rings is 1. The Morgan fingerprint density at radius 2 is 2.00 bits per heavy atom. The van der Waals surface area contributed by atoms with Crippen LogP contribution in [0, 0.1) is 6.92 Å². The minimum absolute atomic E-state index is 0.107. The highest BCUT2D eigenvalue weighted by Crippen LogP contribution is 2.29. The van der Waals surface area contributed by atoms with E-state index in [1.54, 1.807) is 11.1 Å². The molecule has 1 aromatic carbocycles. The zero-order valence-corrected chi connectivity index (χ0v) is 18.2.